The first kappa shape index (κ1) is 13.8. The first-order valence-corrected chi connectivity index (χ1v) is 7.74. The van der Waals surface area contributed by atoms with Crippen LogP contribution in [0.4, 0.5) is 5.69 Å². The van der Waals surface area contributed by atoms with Gasteiger partial charge in [0.2, 0.25) is 0 Å². The van der Waals surface area contributed by atoms with Gasteiger partial charge in [-0.25, -0.2) is 8.42 Å². The van der Waals surface area contributed by atoms with Gasteiger partial charge in [0.15, 0.2) is 9.84 Å². The zero-order chi connectivity index (χ0) is 14.2. The third-order valence-corrected chi connectivity index (χ3v) is 4.15. The largest absolute Gasteiger partial charge is 0.399 e. The number of hydrogen-bond acceptors (Lipinski definition) is 5. The maximum atomic E-state index is 12.2. The number of likely N-dealkylation sites (tertiary alicyclic amines) is 1. The van der Waals surface area contributed by atoms with Crippen molar-refractivity contribution in [3.05, 3.63) is 23.8 Å². The number of nitrogens with zero attached hydrogens (tertiary/aromatic N) is 1. The van der Waals surface area contributed by atoms with Gasteiger partial charge in [0.05, 0.1) is 11.0 Å². The van der Waals surface area contributed by atoms with E-state index in [1.807, 2.05) is 0 Å². The predicted molar refractivity (Wildman–Crippen MR) is 70.5 cm³/mol. The summed E-state index contributed by atoms with van der Waals surface area (Å²) < 4.78 is 23.0. The molecule has 1 aliphatic heterocycles. The Morgan fingerprint density at radius 3 is 2.63 bits per heavy atom. The van der Waals surface area contributed by atoms with Crippen molar-refractivity contribution in [3.8, 4) is 0 Å². The average Bonchev–Trinajstić information content (AvgIpc) is 2.73. The van der Waals surface area contributed by atoms with E-state index in [0.29, 0.717) is 13.0 Å². The molecule has 1 heterocycles. The lowest BCUT2D eigenvalue weighted by Crippen LogP contribution is -2.29. The van der Waals surface area contributed by atoms with E-state index < -0.39 is 15.9 Å². The Hall–Kier alpha value is -1.60. The van der Waals surface area contributed by atoms with Crippen molar-refractivity contribution in [3.63, 3.8) is 0 Å². The number of hydrogen-bond donors (Lipinski definition) is 2. The van der Waals surface area contributed by atoms with E-state index >= 15 is 0 Å². The summed E-state index contributed by atoms with van der Waals surface area (Å²) in [5.41, 5.74) is 6.09. The van der Waals surface area contributed by atoms with Gasteiger partial charge in [0.1, 0.15) is 0 Å². The first-order chi connectivity index (χ1) is 8.77. The minimum absolute atomic E-state index is 0.0237. The van der Waals surface area contributed by atoms with Crippen LogP contribution in [0.1, 0.15) is 16.8 Å². The molecule has 1 saturated heterocycles. The molecule has 0 aliphatic carbocycles. The predicted octanol–water partition coefficient (Wildman–Crippen LogP) is -0.121. The van der Waals surface area contributed by atoms with Crippen molar-refractivity contribution in [1.82, 2.24) is 4.90 Å². The number of aliphatic hydroxyl groups is 1. The van der Waals surface area contributed by atoms with E-state index in [4.69, 9.17) is 5.73 Å². The molecule has 0 saturated carbocycles. The van der Waals surface area contributed by atoms with E-state index in [2.05, 4.69) is 0 Å². The van der Waals surface area contributed by atoms with Gasteiger partial charge in [-0.2, -0.15) is 0 Å². The van der Waals surface area contributed by atoms with Crippen LogP contribution in [0.5, 0.6) is 0 Å². The normalized spacial score (nSPS) is 19.7. The Morgan fingerprint density at radius 2 is 2.11 bits per heavy atom. The fourth-order valence-electron chi connectivity index (χ4n) is 2.07. The zero-order valence-corrected chi connectivity index (χ0v) is 11.4. The van der Waals surface area contributed by atoms with E-state index in [0.717, 1.165) is 6.26 Å². The highest BCUT2D eigenvalue weighted by Gasteiger charge is 2.26. The van der Waals surface area contributed by atoms with Gasteiger partial charge >= 0.3 is 0 Å². The molecule has 1 aliphatic rings. The van der Waals surface area contributed by atoms with Crippen molar-refractivity contribution >= 4 is 21.4 Å². The molecular weight excluding hydrogens is 268 g/mol. The third-order valence-electron chi connectivity index (χ3n) is 3.05. The first-order valence-electron chi connectivity index (χ1n) is 5.85. The monoisotopic (exact) mass is 284 g/mol. The smallest absolute Gasteiger partial charge is 0.254 e. The fraction of sp³-hybridized carbons (Fsp3) is 0.417. The lowest BCUT2D eigenvalue weighted by atomic mass is 10.2. The zero-order valence-electron chi connectivity index (χ0n) is 10.5. The number of nitrogen functional groups attached to an aromatic ring is 1. The second-order valence-electron chi connectivity index (χ2n) is 4.76. The Morgan fingerprint density at radius 1 is 1.42 bits per heavy atom. The minimum atomic E-state index is -3.42. The molecule has 0 aromatic heterocycles. The van der Waals surface area contributed by atoms with Crippen molar-refractivity contribution in [2.24, 2.45) is 0 Å². The Kier molecular flexibility index (Phi) is 3.51. The lowest BCUT2D eigenvalue weighted by Gasteiger charge is -2.16. The summed E-state index contributed by atoms with van der Waals surface area (Å²) in [6.07, 6.45) is 1.09. The van der Waals surface area contributed by atoms with E-state index in [-0.39, 0.29) is 28.6 Å². The van der Waals surface area contributed by atoms with Crippen LogP contribution in [-0.4, -0.2) is 49.8 Å². The SMILES string of the molecule is CS(=O)(=O)c1cc(N)cc(C(=O)N2CC[C@@H](O)C2)c1. The molecule has 104 valence electrons. The molecule has 0 bridgehead atoms. The number of sulfone groups is 1. The molecule has 7 heteroatoms. The number of carbonyl (C=O) groups excluding carboxylic acids is 1. The molecule has 0 spiro atoms. The minimum Gasteiger partial charge on any atom is -0.399 e. The van der Waals surface area contributed by atoms with Crippen LogP contribution in [0.15, 0.2) is 23.1 Å². The summed E-state index contributed by atoms with van der Waals surface area (Å²) in [5, 5.41) is 9.42. The highest BCUT2D eigenvalue weighted by atomic mass is 32.2. The molecule has 19 heavy (non-hydrogen) atoms. The Balaban J connectivity index is 2.35. The molecule has 6 nitrogen and oxygen atoms in total. The Labute approximate surface area is 111 Å². The van der Waals surface area contributed by atoms with E-state index in [1.165, 1.54) is 23.1 Å². The Bertz CT molecular complexity index is 612. The lowest BCUT2D eigenvalue weighted by molar-refractivity contribution is 0.0765. The molecule has 0 unspecified atom stereocenters. The molecule has 1 atom stereocenters. The number of nitrogens with two attached hydrogens (primary N) is 1. The number of amides is 1. The molecule has 3 N–H and O–H groups in total. The standard InChI is InChI=1S/C12H16N2O4S/c1-19(17,18)11-5-8(4-9(13)6-11)12(16)14-3-2-10(15)7-14/h4-6,10,15H,2-3,7,13H2,1H3/t10-/m1/s1. The van der Waals surface area contributed by atoms with Crippen LogP contribution in [0.2, 0.25) is 0 Å². The quantitative estimate of drug-likeness (QED) is 0.737. The maximum Gasteiger partial charge on any atom is 0.254 e. The van der Waals surface area contributed by atoms with Crippen LogP contribution >= 0.6 is 0 Å². The summed E-state index contributed by atoms with van der Waals surface area (Å²) in [4.78, 5) is 13.7. The van der Waals surface area contributed by atoms with Gasteiger partial charge in [-0.15, -0.1) is 0 Å². The highest BCUT2D eigenvalue weighted by Crippen LogP contribution is 2.20. The molecule has 2 rings (SSSR count). The van der Waals surface area contributed by atoms with Crippen LogP contribution in [0.3, 0.4) is 0 Å². The average molecular weight is 284 g/mol. The van der Waals surface area contributed by atoms with Crippen LogP contribution in [0, 0.1) is 0 Å². The van der Waals surface area contributed by atoms with Gasteiger partial charge in [-0.05, 0) is 24.6 Å². The maximum absolute atomic E-state index is 12.2. The second-order valence-corrected chi connectivity index (χ2v) is 6.77. The number of aliphatic hydroxyl groups excluding tert-OH is 1. The molecule has 1 amide bonds. The number of benzene rings is 1. The molecule has 1 aromatic rings. The van der Waals surface area contributed by atoms with E-state index in [9.17, 15) is 18.3 Å². The van der Waals surface area contributed by atoms with Gasteiger partial charge in [-0.1, -0.05) is 0 Å². The van der Waals surface area contributed by atoms with Crippen molar-refractivity contribution < 1.29 is 18.3 Å². The van der Waals surface area contributed by atoms with Gasteiger partial charge in [0, 0.05) is 30.6 Å². The van der Waals surface area contributed by atoms with Gasteiger partial charge < -0.3 is 15.7 Å². The summed E-state index contributed by atoms with van der Waals surface area (Å²) in [6.45, 7) is 0.727. The van der Waals surface area contributed by atoms with E-state index in [1.54, 1.807) is 0 Å². The van der Waals surface area contributed by atoms with Crippen LogP contribution in [-0.2, 0) is 9.84 Å². The van der Waals surface area contributed by atoms with Crippen LogP contribution < -0.4 is 5.73 Å². The molecular formula is C12H16N2O4S. The molecule has 1 fully saturated rings. The summed E-state index contributed by atoms with van der Waals surface area (Å²) in [7, 11) is -3.42. The summed E-state index contributed by atoms with van der Waals surface area (Å²) in [5.74, 6) is -0.311. The second kappa shape index (κ2) is 4.82. The number of anilines is 1. The highest BCUT2D eigenvalue weighted by molar-refractivity contribution is 7.90. The van der Waals surface area contributed by atoms with Gasteiger partial charge in [-0.3, -0.25) is 4.79 Å². The number of β-amino-alcohol motifs (C(OH)–C–C–N with tert-alkyl or cyclic N) is 1. The molecule has 1 aromatic carbocycles. The van der Waals surface area contributed by atoms with Gasteiger partial charge in [0.25, 0.3) is 5.91 Å². The van der Waals surface area contributed by atoms with Crippen molar-refractivity contribution in [2.75, 3.05) is 25.1 Å². The number of rotatable bonds is 2. The van der Waals surface area contributed by atoms with Crippen LogP contribution in [0.25, 0.3) is 0 Å². The molecule has 0 radical (unpaired) electrons. The van der Waals surface area contributed by atoms with Crippen molar-refractivity contribution in [1.29, 1.82) is 0 Å². The van der Waals surface area contributed by atoms with Crippen molar-refractivity contribution in [2.45, 2.75) is 17.4 Å². The topological polar surface area (TPSA) is 101 Å². The summed E-state index contributed by atoms with van der Waals surface area (Å²) in [6, 6.07) is 4.09. The fourth-order valence-corrected chi connectivity index (χ4v) is 2.76. The summed E-state index contributed by atoms with van der Waals surface area (Å²) >= 11 is 0. The number of carbonyl (C=O) groups is 1. The third kappa shape index (κ3) is 3.05.